The molecule has 0 atom stereocenters. The van der Waals surface area contributed by atoms with Crippen molar-refractivity contribution in [1.82, 2.24) is 9.62 Å². The van der Waals surface area contributed by atoms with Crippen LogP contribution in [0.3, 0.4) is 0 Å². The highest BCUT2D eigenvalue weighted by Gasteiger charge is 2.22. The van der Waals surface area contributed by atoms with E-state index in [2.05, 4.69) is 4.72 Å². The molecule has 1 aliphatic rings. The molecule has 0 saturated carbocycles. The maximum absolute atomic E-state index is 12.9. The van der Waals surface area contributed by atoms with Crippen molar-refractivity contribution in [3.05, 3.63) is 65.2 Å². The number of sulfonamides is 1. The van der Waals surface area contributed by atoms with Gasteiger partial charge in [-0.2, -0.15) is 0 Å². The van der Waals surface area contributed by atoms with Gasteiger partial charge in [-0.3, -0.25) is 4.79 Å². The third kappa shape index (κ3) is 4.96. The van der Waals surface area contributed by atoms with Crippen LogP contribution in [0.25, 0.3) is 0 Å². The Morgan fingerprint density at radius 1 is 1.00 bits per heavy atom. The molecule has 1 N–H and O–H groups in total. The molecule has 2 aromatic carbocycles. The van der Waals surface area contributed by atoms with Gasteiger partial charge in [0.15, 0.2) is 0 Å². The Labute approximate surface area is 161 Å². The largest absolute Gasteiger partial charge is 0.339 e. The first-order valence-electron chi connectivity index (χ1n) is 9.41. The lowest BCUT2D eigenvalue weighted by molar-refractivity contribution is 0.0760. The van der Waals surface area contributed by atoms with Crippen LogP contribution >= 0.6 is 0 Å². The van der Waals surface area contributed by atoms with Crippen molar-refractivity contribution in [3.8, 4) is 0 Å². The van der Waals surface area contributed by atoms with Crippen molar-refractivity contribution in [2.75, 3.05) is 13.1 Å². The Hall–Kier alpha value is -2.18. The standard InChI is InChI=1S/C21H26N2O3S/c1-17-11-12-19(27(25,26)22-16-18-9-5-4-6-10-18)15-20(17)21(24)23-13-7-2-3-8-14-23/h4-6,9-12,15,22H,2-3,7-8,13-14,16H2,1H3. The maximum atomic E-state index is 12.9. The first-order valence-corrected chi connectivity index (χ1v) is 10.9. The highest BCUT2D eigenvalue weighted by atomic mass is 32.2. The van der Waals surface area contributed by atoms with Gasteiger partial charge >= 0.3 is 0 Å². The van der Waals surface area contributed by atoms with Gasteiger partial charge in [0.25, 0.3) is 5.91 Å². The average Bonchev–Trinajstić information content (AvgIpc) is 2.96. The Morgan fingerprint density at radius 2 is 1.67 bits per heavy atom. The zero-order chi connectivity index (χ0) is 19.3. The summed E-state index contributed by atoms with van der Waals surface area (Å²) in [7, 11) is -3.69. The minimum Gasteiger partial charge on any atom is -0.339 e. The Balaban J connectivity index is 1.80. The summed E-state index contributed by atoms with van der Waals surface area (Å²) in [5, 5.41) is 0. The van der Waals surface area contributed by atoms with Crippen molar-refractivity contribution in [2.24, 2.45) is 0 Å². The molecule has 2 aromatic rings. The molecule has 1 fully saturated rings. The number of carbonyl (C=O) groups excluding carboxylic acids is 1. The quantitative estimate of drug-likeness (QED) is 0.855. The maximum Gasteiger partial charge on any atom is 0.254 e. The van der Waals surface area contributed by atoms with E-state index >= 15 is 0 Å². The molecule has 5 nitrogen and oxygen atoms in total. The van der Waals surface area contributed by atoms with Gasteiger partial charge in [-0.15, -0.1) is 0 Å². The molecule has 0 bridgehead atoms. The van der Waals surface area contributed by atoms with Crippen LogP contribution in [0.15, 0.2) is 53.4 Å². The molecule has 1 aliphatic heterocycles. The fourth-order valence-electron chi connectivity index (χ4n) is 3.30. The number of nitrogens with zero attached hydrogens (tertiary/aromatic N) is 1. The lowest BCUT2D eigenvalue weighted by Gasteiger charge is -2.21. The van der Waals surface area contributed by atoms with Crippen molar-refractivity contribution < 1.29 is 13.2 Å². The number of rotatable bonds is 5. The minimum absolute atomic E-state index is 0.0745. The number of benzene rings is 2. The number of carbonyl (C=O) groups is 1. The van der Waals surface area contributed by atoms with Crippen LogP contribution in [-0.4, -0.2) is 32.3 Å². The summed E-state index contributed by atoms with van der Waals surface area (Å²) < 4.78 is 28.0. The molecule has 0 spiro atoms. The smallest absolute Gasteiger partial charge is 0.254 e. The third-order valence-electron chi connectivity index (χ3n) is 4.95. The van der Waals surface area contributed by atoms with Gasteiger partial charge in [-0.25, -0.2) is 13.1 Å². The lowest BCUT2D eigenvalue weighted by Crippen LogP contribution is -2.32. The minimum atomic E-state index is -3.69. The second-order valence-electron chi connectivity index (χ2n) is 6.99. The summed E-state index contributed by atoms with van der Waals surface area (Å²) in [5.74, 6) is -0.0745. The highest BCUT2D eigenvalue weighted by molar-refractivity contribution is 7.89. The van der Waals surface area contributed by atoms with Crippen LogP contribution in [0.4, 0.5) is 0 Å². The van der Waals surface area contributed by atoms with E-state index in [1.807, 2.05) is 42.2 Å². The first-order chi connectivity index (χ1) is 13.0. The van der Waals surface area contributed by atoms with E-state index in [1.54, 1.807) is 12.1 Å². The SMILES string of the molecule is Cc1ccc(S(=O)(=O)NCc2ccccc2)cc1C(=O)N1CCCCCC1. The normalized spacial score (nSPS) is 15.4. The molecule has 1 amide bonds. The molecule has 1 heterocycles. The molecular formula is C21H26N2O3S. The van der Waals surface area contributed by atoms with Gasteiger partial charge in [0.1, 0.15) is 0 Å². The van der Waals surface area contributed by atoms with E-state index in [0.717, 1.165) is 49.9 Å². The summed E-state index contributed by atoms with van der Waals surface area (Å²) in [6.07, 6.45) is 4.28. The second kappa shape index (κ2) is 8.67. The molecule has 0 aliphatic carbocycles. The van der Waals surface area contributed by atoms with Crippen molar-refractivity contribution in [3.63, 3.8) is 0 Å². The zero-order valence-electron chi connectivity index (χ0n) is 15.6. The zero-order valence-corrected chi connectivity index (χ0v) is 16.5. The number of aryl methyl sites for hydroxylation is 1. The molecule has 0 unspecified atom stereocenters. The van der Waals surface area contributed by atoms with Crippen LogP contribution < -0.4 is 4.72 Å². The fraction of sp³-hybridized carbons (Fsp3) is 0.381. The molecule has 0 radical (unpaired) electrons. The van der Waals surface area contributed by atoms with E-state index in [9.17, 15) is 13.2 Å². The monoisotopic (exact) mass is 386 g/mol. The molecule has 3 rings (SSSR count). The number of hydrogen-bond acceptors (Lipinski definition) is 3. The average molecular weight is 387 g/mol. The van der Waals surface area contributed by atoms with Crippen LogP contribution in [0, 0.1) is 6.92 Å². The van der Waals surface area contributed by atoms with Gasteiger partial charge in [-0.05, 0) is 43.0 Å². The third-order valence-corrected chi connectivity index (χ3v) is 6.35. The van der Waals surface area contributed by atoms with E-state index in [-0.39, 0.29) is 17.3 Å². The van der Waals surface area contributed by atoms with Gasteiger partial charge in [-0.1, -0.05) is 49.2 Å². The number of likely N-dealkylation sites (tertiary alicyclic amines) is 1. The predicted molar refractivity (Wildman–Crippen MR) is 106 cm³/mol. The molecule has 27 heavy (non-hydrogen) atoms. The van der Waals surface area contributed by atoms with Gasteiger partial charge in [0.05, 0.1) is 4.90 Å². The molecule has 1 saturated heterocycles. The first kappa shape index (κ1) is 19.6. The van der Waals surface area contributed by atoms with Crippen molar-refractivity contribution in [2.45, 2.75) is 44.0 Å². The lowest BCUT2D eigenvalue weighted by atomic mass is 10.1. The van der Waals surface area contributed by atoms with Crippen LogP contribution in [0.5, 0.6) is 0 Å². The fourth-order valence-corrected chi connectivity index (χ4v) is 4.34. The van der Waals surface area contributed by atoms with E-state index in [0.29, 0.717) is 5.56 Å². The number of hydrogen-bond donors (Lipinski definition) is 1. The van der Waals surface area contributed by atoms with Crippen LogP contribution in [0.1, 0.15) is 47.2 Å². The van der Waals surface area contributed by atoms with Gasteiger partial charge in [0.2, 0.25) is 10.0 Å². The van der Waals surface area contributed by atoms with Crippen LogP contribution in [-0.2, 0) is 16.6 Å². The van der Waals surface area contributed by atoms with Crippen molar-refractivity contribution in [1.29, 1.82) is 0 Å². The molecule has 6 heteroatoms. The van der Waals surface area contributed by atoms with E-state index < -0.39 is 10.0 Å². The van der Waals surface area contributed by atoms with E-state index in [4.69, 9.17) is 0 Å². The molecule has 144 valence electrons. The van der Waals surface area contributed by atoms with E-state index in [1.165, 1.54) is 6.07 Å². The Bertz CT molecular complexity index is 887. The summed E-state index contributed by atoms with van der Waals surface area (Å²) in [4.78, 5) is 14.9. The summed E-state index contributed by atoms with van der Waals surface area (Å²) in [6.45, 7) is 3.54. The van der Waals surface area contributed by atoms with Crippen molar-refractivity contribution >= 4 is 15.9 Å². The topological polar surface area (TPSA) is 66.5 Å². The Kier molecular flexibility index (Phi) is 6.29. The van der Waals surface area contributed by atoms with Crippen LogP contribution in [0.2, 0.25) is 0 Å². The Morgan fingerprint density at radius 3 is 2.33 bits per heavy atom. The predicted octanol–water partition coefficient (Wildman–Crippen LogP) is 3.49. The summed E-state index contributed by atoms with van der Waals surface area (Å²) in [6, 6.07) is 14.1. The van der Waals surface area contributed by atoms with Gasteiger partial charge < -0.3 is 4.90 Å². The summed E-state index contributed by atoms with van der Waals surface area (Å²) in [5.41, 5.74) is 2.15. The second-order valence-corrected chi connectivity index (χ2v) is 8.76. The number of amides is 1. The highest BCUT2D eigenvalue weighted by Crippen LogP contribution is 2.20. The van der Waals surface area contributed by atoms with Gasteiger partial charge in [0, 0.05) is 25.2 Å². The number of nitrogens with one attached hydrogen (secondary N) is 1. The molecule has 0 aromatic heterocycles. The molecular weight excluding hydrogens is 360 g/mol. The summed E-state index contributed by atoms with van der Waals surface area (Å²) >= 11 is 0.